The molecule has 8 rings (SSSR count). The first kappa shape index (κ1) is 44.0. The number of hydrogen-bond acceptors (Lipinski definition) is 10. The second kappa shape index (κ2) is 19.4. The Labute approximate surface area is 381 Å². The van der Waals surface area contributed by atoms with Gasteiger partial charge in [0.1, 0.15) is 46.1 Å². The molecule has 2 aliphatic rings. The van der Waals surface area contributed by atoms with E-state index in [1.54, 1.807) is 77.8 Å². The molecule has 2 atom stereocenters. The highest BCUT2D eigenvalue weighted by Crippen LogP contribution is 2.35. The van der Waals surface area contributed by atoms with Crippen molar-refractivity contribution in [3.05, 3.63) is 183 Å². The van der Waals surface area contributed by atoms with Gasteiger partial charge in [0.05, 0.1) is 6.04 Å². The first-order valence-electron chi connectivity index (χ1n) is 21.0. The van der Waals surface area contributed by atoms with Crippen molar-refractivity contribution in [1.29, 1.82) is 0 Å². The summed E-state index contributed by atoms with van der Waals surface area (Å²) >= 11 is 6.27. The average Bonchev–Trinajstić information content (AvgIpc) is 3.89. The van der Waals surface area contributed by atoms with Gasteiger partial charge in [-0.05, 0) is 104 Å². The monoisotopic (exact) mass is 891 g/mol. The number of hydrogen-bond donors (Lipinski definition) is 4. The number of allylic oxidation sites excluding steroid dienone is 1. The highest BCUT2D eigenvalue weighted by atomic mass is 35.5. The summed E-state index contributed by atoms with van der Waals surface area (Å²) in [5.74, 6) is 2.69. The van der Waals surface area contributed by atoms with Crippen molar-refractivity contribution in [3.8, 4) is 17.2 Å². The normalized spacial score (nSPS) is 16.4. The van der Waals surface area contributed by atoms with Gasteiger partial charge in [-0.2, -0.15) is 5.10 Å². The Hall–Kier alpha value is -7.58. The van der Waals surface area contributed by atoms with Gasteiger partial charge in [-0.1, -0.05) is 48.0 Å². The molecule has 2 unspecified atom stereocenters. The molecule has 2 aromatic heterocycles. The van der Waals surface area contributed by atoms with Crippen LogP contribution in [0.2, 0.25) is 5.02 Å². The number of carbonyl (C=O) groups is 2. The zero-order valence-electron chi connectivity index (χ0n) is 36.2. The van der Waals surface area contributed by atoms with Crippen LogP contribution in [0.15, 0.2) is 143 Å². The Kier molecular flexibility index (Phi) is 13.2. The fraction of sp³-hybridized carbons (Fsp3) is 0.200. The lowest BCUT2D eigenvalue weighted by molar-refractivity contribution is 0.0941. The summed E-state index contributed by atoms with van der Waals surface area (Å²) in [6.07, 6.45) is 11.4. The molecule has 2 amide bonds. The third-order valence-electron chi connectivity index (χ3n) is 10.7. The number of pyridine rings is 1. The van der Waals surface area contributed by atoms with Crippen LogP contribution in [0.4, 0.5) is 16.0 Å². The second-order valence-corrected chi connectivity index (χ2v) is 16.5. The molecule has 13 nitrogen and oxygen atoms in total. The van der Waals surface area contributed by atoms with Gasteiger partial charge in [0.2, 0.25) is 0 Å². The molecule has 4 N–H and O–H groups in total. The highest BCUT2D eigenvalue weighted by Gasteiger charge is 2.30. The molecule has 15 heteroatoms. The number of aliphatic imine (C=N–C) groups is 2. The zero-order chi connectivity index (χ0) is 45.5. The summed E-state index contributed by atoms with van der Waals surface area (Å²) < 4.78 is 28.7. The van der Waals surface area contributed by atoms with Gasteiger partial charge in [0.25, 0.3) is 11.8 Å². The van der Waals surface area contributed by atoms with Crippen molar-refractivity contribution in [2.24, 2.45) is 17.0 Å². The first-order valence-corrected chi connectivity index (χ1v) is 21.4. The number of anilines is 2. The van der Waals surface area contributed by atoms with Crippen LogP contribution >= 0.6 is 11.6 Å². The highest BCUT2D eigenvalue weighted by molar-refractivity contribution is 6.30. The van der Waals surface area contributed by atoms with E-state index in [0.717, 1.165) is 17.0 Å². The van der Waals surface area contributed by atoms with Crippen molar-refractivity contribution in [2.45, 2.75) is 58.4 Å². The fourth-order valence-electron chi connectivity index (χ4n) is 7.44. The third kappa shape index (κ3) is 11.3. The standard InChI is InChI=1S/C50H47ClFN9O4/c1-31-11-16-45(57-31)59-50(3)28-39(18-21-56-50)65-43-10-6-9-40(48(62)55-30-34-7-5-8-36(51)23-34)42(43)25-35-24-41(49(63)54-29-33-12-14-37(52)15-13-33)32(2)44(26-35)64-38-17-20-53-47(27-38)58-46-19-22-61(4)60-46/h5-24,26-27,31H,25,28-30H2,1-4H3,(H,54,63)(H,55,62)(H,57,59)(H,53,58,60). The number of amides is 2. The number of aromatic nitrogens is 3. The summed E-state index contributed by atoms with van der Waals surface area (Å²) in [6, 6.07) is 27.6. The molecular formula is C50H47ClFN9O4. The zero-order valence-corrected chi connectivity index (χ0v) is 37.0. The number of rotatable bonds is 15. The molecule has 4 heterocycles. The minimum Gasteiger partial charge on any atom is -0.461 e. The minimum atomic E-state index is -0.747. The van der Waals surface area contributed by atoms with Crippen LogP contribution in [0, 0.1) is 12.7 Å². The van der Waals surface area contributed by atoms with Crippen LogP contribution in [-0.2, 0) is 26.6 Å². The number of halogens is 2. The van der Waals surface area contributed by atoms with Crippen LogP contribution in [0.25, 0.3) is 0 Å². The van der Waals surface area contributed by atoms with E-state index in [-0.39, 0.29) is 43.2 Å². The van der Waals surface area contributed by atoms with Crippen LogP contribution in [0.3, 0.4) is 0 Å². The molecule has 0 saturated heterocycles. The number of nitrogens with one attached hydrogen (secondary N) is 4. The lowest BCUT2D eigenvalue weighted by Gasteiger charge is -2.30. The Morgan fingerprint density at radius 2 is 1.66 bits per heavy atom. The van der Waals surface area contributed by atoms with Crippen LogP contribution in [-0.4, -0.2) is 50.3 Å². The van der Waals surface area contributed by atoms with Crippen LogP contribution in [0.5, 0.6) is 17.2 Å². The van der Waals surface area contributed by atoms with E-state index in [4.69, 9.17) is 26.1 Å². The SMILES string of the molecule is Cc1c(Oc2ccnc(Nc3ccn(C)n3)c2)cc(Cc2c(OC3=CC=NC(C)(NC4=NC(C)C=C4)C3)cccc2C(=O)NCc2cccc(Cl)c2)cc1C(=O)NCc1ccc(F)cc1. The molecule has 2 aliphatic heterocycles. The summed E-state index contributed by atoms with van der Waals surface area (Å²) in [5, 5.41) is 17.6. The number of nitrogens with zero attached hydrogens (tertiary/aromatic N) is 5. The van der Waals surface area contributed by atoms with Crippen molar-refractivity contribution in [2.75, 3.05) is 5.32 Å². The van der Waals surface area contributed by atoms with E-state index in [0.29, 0.717) is 73.9 Å². The minimum absolute atomic E-state index is 0.0701. The summed E-state index contributed by atoms with van der Waals surface area (Å²) in [6.45, 7) is 6.18. The molecule has 6 aromatic rings. The van der Waals surface area contributed by atoms with E-state index in [1.807, 2.05) is 76.5 Å². The Morgan fingerprint density at radius 3 is 2.42 bits per heavy atom. The molecule has 0 saturated carbocycles. The van der Waals surface area contributed by atoms with Gasteiger partial charge in [0, 0.05) is 91.0 Å². The lowest BCUT2D eigenvalue weighted by Crippen LogP contribution is -2.45. The topological polar surface area (TPSA) is 156 Å². The maximum Gasteiger partial charge on any atom is 0.251 e. The Bertz CT molecular complexity index is 2870. The largest absolute Gasteiger partial charge is 0.461 e. The lowest BCUT2D eigenvalue weighted by atomic mass is 9.94. The van der Waals surface area contributed by atoms with Gasteiger partial charge in [-0.25, -0.2) is 9.37 Å². The molecule has 0 aliphatic carbocycles. The van der Waals surface area contributed by atoms with E-state index < -0.39 is 5.66 Å². The second-order valence-electron chi connectivity index (χ2n) is 16.0. The average molecular weight is 892 g/mol. The fourth-order valence-corrected chi connectivity index (χ4v) is 7.65. The Morgan fingerprint density at radius 1 is 0.877 bits per heavy atom. The number of benzene rings is 4. The molecule has 0 radical (unpaired) electrons. The predicted molar refractivity (Wildman–Crippen MR) is 251 cm³/mol. The molecule has 4 aromatic carbocycles. The van der Waals surface area contributed by atoms with E-state index in [1.165, 1.54) is 12.1 Å². The van der Waals surface area contributed by atoms with E-state index >= 15 is 0 Å². The summed E-state index contributed by atoms with van der Waals surface area (Å²) in [7, 11) is 1.82. The molecule has 330 valence electrons. The van der Waals surface area contributed by atoms with Crippen LogP contribution < -0.4 is 30.7 Å². The maximum atomic E-state index is 14.2. The van der Waals surface area contributed by atoms with Crippen molar-refractivity contribution < 1.29 is 23.5 Å². The molecule has 65 heavy (non-hydrogen) atoms. The molecular weight excluding hydrogens is 845 g/mol. The number of aryl methyl sites for hydroxylation is 1. The van der Waals surface area contributed by atoms with Crippen molar-refractivity contribution in [3.63, 3.8) is 0 Å². The molecule has 0 spiro atoms. The molecule has 0 bridgehead atoms. The van der Waals surface area contributed by atoms with Crippen molar-refractivity contribution >= 4 is 47.1 Å². The third-order valence-corrected chi connectivity index (χ3v) is 10.9. The number of dihydropyridines is 1. The summed E-state index contributed by atoms with van der Waals surface area (Å²) in [4.78, 5) is 42.1. The van der Waals surface area contributed by atoms with Crippen LogP contribution in [0.1, 0.15) is 68.8 Å². The predicted octanol–water partition coefficient (Wildman–Crippen LogP) is 9.30. The smallest absolute Gasteiger partial charge is 0.251 e. The number of amidine groups is 1. The van der Waals surface area contributed by atoms with Gasteiger partial charge in [-0.3, -0.25) is 24.3 Å². The molecule has 0 fully saturated rings. The number of ether oxygens (including phenoxy) is 2. The van der Waals surface area contributed by atoms with E-state index in [9.17, 15) is 14.0 Å². The maximum absolute atomic E-state index is 14.2. The van der Waals surface area contributed by atoms with Gasteiger partial charge < -0.3 is 30.7 Å². The van der Waals surface area contributed by atoms with Gasteiger partial charge in [0.15, 0.2) is 5.82 Å². The van der Waals surface area contributed by atoms with Crippen molar-refractivity contribution in [1.82, 2.24) is 30.7 Å². The first-order chi connectivity index (χ1) is 31.3. The quantitative estimate of drug-likeness (QED) is 0.0795. The Balaban J connectivity index is 1.14. The number of carbonyl (C=O) groups excluding carboxylic acids is 2. The van der Waals surface area contributed by atoms with Gasteiger partial charge >= 0.3 is 0 Å². The summed E-state index contributed by atoms with van der Waals surface area (Å²) in [5.41, 5.74) is 3.33. The van der Waals surface area contributed by atoms with E-state index in [2.05, 4.69) is 36.3 Å². The van der Waals surface area contributed by atoms with Gasteiger partial charge in [-0.15, -0.1) is 0 Å².